The fourth-order valence-electron chi connectivity index (χ4n) is 3.45. The third-order valence-electron chi connectivity index (χ3n) is 4.59. The van der Waals surface area contributed by atoms with Crippen molar-refractivity contribution in [1.82, 2.24) is 20.0 Å². The minimum absolute atomic E-state index is 0.754. The largest absolute Gasteiger partial charge is 0.314 e. The van der Waals surface area contributed by atoms with Crippen molar-refractivity contribution in [3.05, 3.63) is 0 Å². The number of piperazine rings is 1. The highest BCUT2D eigenvalue weighted by atomic mass is 15.2. The van der Waals surface area contributed by atoms with E-state index >= 15 is 0 Å². The van der Waals surface area contributed by atoms with E-state index in [2.05, 4.69) is 41.2 Å². The molecule has 18 heavy (non-hydrogen) atoms. The molecule has 2 aliphatic rings. The minimum atomic E-state index is 0.754. The van der Waals surface area contributed by atoms with E-state index in [0.29, 0.717) is 0 Å². The molecule has 0 saturated carbocycles. The normalized spacial score (nSPS) is 29.0. The average Bonchev–Trinajstić information content (AvgIpc) is 2.77. The summed E-state index contributed by atoms with van der Waals surface area (Å²) >= 11 is 0. The molecule has 2 fully saturated rings. The smallest absolute Gasteiger partial charge is 0.0142 e. The quantitative estimate of drug-likeness (QED) is 0.755. The summed E-state index contributed by atoms with van der Waals surface area (Å²) in [7, 11) is 6.75. The molecule has 2 rings (SSSR count). The van der Waals surface area contributed by atoms with Crippen molar-refractivity contribution >= 4 is 0 Å². The Morgan fingerprint density at radius 3 is 2.50 bits per heavy atom. The highest BCUT2D eigenvalue weighted by molar-refractivity contribution is 4.85. The predicted molar refractivity (Wildman–Crippen MR) is 77.0 cm³/mol. The van der Waals surface area contributed by atoms with Gasteiger partial charge in [0.25, 0.3) is 0 Å². The van der Waals surface area contributed by atoms with Crippen LogP contribution in [0.2, 0.25) is 0 Å². The van der Waals surface area contributed by atoms with Crippen LogP contribution in [-0.4, -0.2) is 87.7 Å². The zero-order valence-corrected chi connectivity index (χ0v) is 12.4. The zero-order valence-electron chi connectivity index (χ0n) is 12.4. The van der Waals surface area contributed by atoms with Crippen LogP contribution in [0.4, 0.5) is 0 Å². The van der Waals surface area contributed by atoms with Crippen molar-refractivity contribution in [3.8, 4) is 0 Å². The van der Waals surface area contributed by atoms with Gasteiger partial charge in [0.2, 0.25) is 0 Å². The van der Waals surface area contributed by atoms with E-state index in [-0.39, 0.29) is 0 Å². The maximum Gasteiger partial charge on any atom is 0.0142 e. The molecule has 0 amide bonds. The van der Waals surface area contributed by atoms with Crippen LogP contribution in [0.25, 0.3) is 0 Å². The Morgan fingerprint density at radius 1 is 1.22 bits per heavy atom. The maximum absolute atomic E-state index is 3.43. The molecule has 0 bridgehead atoms. The first-order valence-electron chi connectivity index (χ1n) is 7.45. The molecule has 0 spiro atoms. The first-order chi connectivity index (χ1) is 8.66. The van der Waals surface area contributed by atoms with Gasteiger partial charge in [-0.2, -0.15) is 0 Å². The minimum Gasteiger partial charge on any atom is -0.314 e. The number of hydrogen-bond acceptors (Lipinski definition) is 4. The molecule has 106 valence electrons. The first kappa shape index (κ1) is 14.3. The average molecular weight is 254 g/mol. The van der Waals surface area contributed by atoms with Crippen LogP contribution in [0.1, 0.15) is 12.8 Å². The van der Waals surface area contributed by atoms with Gasteiger partial charge in [0.05, 0.1) is 0 Å². The van der Waals surface area contributed by atoms with Gasteiger partial charge in [0, 0.05) is 38.8 Å². The van der Waals surface area contributed by atoms with Crippen molar-refractivity contribution in [3.63, 3.8) is 0 Å². The molecule has 1 N–H and O–H groups in total. The van der Waals surface area contributed by atoms with Crippen molar-refractivity contribution in [1.29, 1.82) is 0 Å². The zero-order chi connectivity index (χ0) is 13.0. The Kier molecular flexibility index (Phi) is 5.42. The van der Waals surface area contributed by atoms with Crippen LogP contribution in [0.3, 0.4) is 0 Å². The van der Waals surface area contributed by atoms with Crippen molar-refractivity contribution in [2.45, 2.75) is 18.9 Å². The molecule has 2 unspecified atom stereocenters. The summed E-state index contributed by atoms with van der Waals surface area (Å²) in [4.78, 5) is 7.55. The topological polar surface area (TPSA) is 21.8 Å². The van der Waals surface area contributed by atoms with Crippen molar-refractivity contribution in [2.24, 2.45) is 5.92 Å². The number of likely N-dealkylation sites (tertiary alicyclic amines) is 1. The summed E-state index contributed by atoms with van der Waals surface area (Å²) < 4.78 is 0. The number of nitrogens with zero attached hydrogens (tertiary/aromatic N) is 3. The molecule has 2 atom stereocenters. The van der Waals surface area contributed by atoms with Crippen molar-refractivity contribution in [2.75, 3.05) is 67.0 Å². The second kappa shape index (κ2) is 6.85. The monoisotopic (exact) mass is 254 g/mol. The van der Waals surface area contributed by atoms with Gasteiger partial charge in [-0.15, -0.1) is 0 Å². The molecule has 4 heteroatoms. The summed E-state index contributed by atoms with van der Waals surface area (Å²) in [6.45, 7) is 8.62. The summed E-state index contributed by atoms with van der Waals surface area (Å²) in [6.07, 6.45) is 2.70. The Balaban J connectivity index is 1.78. The third kappa shape index (κ3) is 3.92. The molecule has 4 nitrogen and oxygen atoms in total. The van der Waals surface area contributed by atoms with Gasteiger partial charge in [-0.25, -0.2) is 0 Å². The summed E-state index contributed by atoms with van der Waals surface area (Å²) in [5.41, 5.74) is 0. The lowest BCUT2D eigenvalue weighted by Crippen LogP contribution is -2.46. The van der Waals surface area contributed by atoms with Gasteiger partial charge >= 0.3 is 0 Å². The molecule has 0 aromatic rings. The van der Waals surface area contributed by atoms with Crippen LogP contribution in [0.5, 0.6) is 0 Å². The Morgan fingerprint density at radius 2 is 1.94 bits per heavy atom. The lowest BCUT2D eigenvalue weighted by molar-refractivity contribution is 0.160. The van der Waals surface area contributed by atoms with Crippen LogP contribution < -0.4 is 5.32 Å². The van der Waals surface area contributed by atoms with E-state index in [1.807, 2.05) is 0 Å². The molecule has 0 aliphatic carbocycles. The first-order valence-corrected chi connectivity index (χ1v) is 7.45. The van der Waals surface area contributed by atoms with Gasteiger partial charge in [-0.05, 0) is 53.0 Å². The van der Waals surface area contributed by atoms with Crippen LogP contribution in [0.15, 0.2) is 0 Å². The van der Waals surface area contributed by atoms with E-state index in [4.69, 9.17) is 0 Å². The van der Waals surface area contributed by atoms with Crippen molar-refractivity contribution < 1.29 is 0 Å². The highest BCUT2D eigenvalue weighted by Crippen LogP contribution is 2.23. The highest BCUT2D eigenvalue weighted by Gasteiger charge is 2.29. The Labute approximate surface area is 112 Å². The lowest BCUT2D eigenvalue weighted by atomic mass is 9.95. The lowest BCUT2D eigenvalue weighted by Gasteiger charge is -2.33. The van der Waals surface area contributed by atoms with Gasteiger partial charge in [0.1, 0.15) is 0 Å². The van der Waals surface area contributed by atoms with Crippen LogP contribution >= 0.6 is 0 Å². The molecular formula is C14H30N4. The van der Waals surface area contributed by atoms with E-state index in [1.165, 1.54) is 58.7 Å². The van der Waals surface area contributed by atoms with E-state index < -0.39 is 0 Å². The second-order valence-electron chi connectivity index (χ2n) is 6.22. The van der Waals surface area contributed by atoms with Gasteiger partial charge in [0.15, 0.2) is 0 Å². The fraction of sp³-hybridized carbons (Fsp3) is 1.00. The predicted octanol–water partition coefficient (Wildman–Crippen LogP) is 0.164. The number of rotatable bonds is 5. The Bertz CT molecular complexity index is 238. The molecule has 0 aromatic carbocycles. The molecule has 0 radical (unpaired) electrons. The van der Waals surface area contributed by atoms with Gasteiger partial charge in [-0.3, -0.25) is 0 Å². The maximum atomic E-state index is 3.43. The molecule has 2 saturated heterocycles. The molecule has 2 aliphatic heterocycles. The summed E-state index contributed by atoms with van der Waals surface area (Å²) in [5, 5.41) is 3.43. The summed E-state index contributed by atoms with van der Waals surface area (Å²) in [6, 6.07) is 0.754. The fourth-order valence-corrected chi connectivity index (χ4v) is 3.45. The van der Waals surface area contributed by atoms with E-state index in [0.717, 1.165) is 12.0 Å². The summed E-state index contributed by atoms with van der Waals surface area (Å²) in [5.74, 6) is 0.868. The standard InChI is InChI=1S/C14H30N4/c1-16(2)14(13-4-8-17(3)12-13)5-9-18-10-6-15-7-11-18/h13-15H,4-12H2,1-3H3. The molecule has 2 heterocycles. The SMILES string of the molecule is CN1CCC(C(CCN2CCNCC2)N(C)C)C1. The van der Waals surface area contributed by atoms with Gasteiger partial charge < -0.3 is 20.0 Å². The number of nitrogens with one attached hydrogen (secondary N) is 1. The Hall–Kier alpha value is -0.160. The second-order valence-corrected chi connectivity index (χ2v) is 6.22. The van der Waals surface area contributed by atoms with E-state index in [1.54, 1.807) is 0 Å². The molecular weight excluding hydrogens is 224 g/mol. The van der Waals surface area contributed by atoms with Crippen LogP contribution in [0, 0.1) is 5.92 Å². The van der Waals surface area contributed by atoms with E-state index in [9.17, 15) is 0 Å². The number of hydrogen-bond donors (Lipinski definition) is 1. The third-order valence-corrected chi connectivity index (χ3v) is 4.59. The van der Waals surface area contributed by atoms with Crippen LogP contribution in [-0.2, 0) is 0 Å². The van der Waals surface area contributed by atoms with Gasteiger partial charge in [-0.1, -0.05) is 0 Å². The molecule has 0 aromatic heterocycles.